The Kier molecular flexibility index (Phi) is 8.53. The molecule has 1 amide bonds. The molecule has 0 aliphatic heterocycles. The zero-order chi connectivity index (χ0) is 22.7. The maximum Gasteiger partial charge on any atom is 0.261 e. The van der Waals surface area contributed by atoms with Gasteiger partial charge in [-0.25, -0.2) is 4.98 Å². The van der Waals surface area contributed by atoms with Crippen molar-refractivity contribution in [2.24, 2.45) is 0 Å². The molecular weight excluding hydrogens is 430 g/mol. The van der Waals surface area contributed by atoms with Gasteiger partial charge in [0.05, 0.1) is 22.5 Å². The molecule has 0 atom stereocenters. The number of benzene rings is 2. The SMILES string of the molecule is O=C(NCCCCCc1nc2ccccc2n1CCCCOc1ccccc1)c1cccs1. The van der Waals surface area contributed by atoms with Gasteiger partial charge in [-0.3, -0.25) is 4.79 Å². The van der Waals surface area contributed by atoms with Crippen molar-refractivity contribution in [2.45, 2.75) is 45.1 Å². The van der Waals surface area contributed by atoms with E-state index in [1.807, 2.05) is 53.9 Å². The lowest BCUT2D eigenvalue weighted by Gasteiger charge is -2.10. The van der Waals surface area contributed by atoms with E-state index in [1.165, 1.54) is 16.9 Å². The Morgan fingerprint density at radius 3 is 2.61 bits per heavy atom. The number of para-hydroxylation sites is 3. The van der Waals surface area contributed by atoms with Crippen LogP contribution < -0.4 is 10.1 Å². The Labute approximate surface area is 199 Å². The molecule has 0 unspecified atom stereocenters. The van der Waals surface area contributed by atoms with Gasteiger partial charge in [0.2, 0.25) is 0 Å². The summed E-state index contributed by atoms with van der Waals surface area (Å²) in [6, 6.07) is 22.1. The van der Waals surface area contributed by atoms with E-state index in [0.29, 0.717) is 6.54 Å². The summed E-state index contributed by atoms with van der Waals surface area (Å²) in [6.45, 7) is 2.39. The topological polar surface area (TPSA) is 56.2 Å². The van der Waals surface area contributed by atoms with Gasteiger partial charge in [0, 0.05) is 19.5 Å². The highest BCUT2D eigenvalue weighted by atomic mass is 32.1. The fourth-order valence-electron chi connectivity index (χ4n) is 3.93. The molecule has 2 aromatic heterocycles. The van der Waals surface area contributed by atoms with E-state index < -0.39 is 0 Å². The predicted molar refractivity (Wildman–Crippen MR) is 135 cm³/mol. The number of aryl methyl sites for hydroxylation is 2. The first kappa shape index (κ1) is 23.1. The Balaban J connectivity index is 1.22. The molecular formula is C27H31N3O2S. The second-order valence-electron chi connectivity index (χ2n) is 8.08. The number of ether oxygens (including phenoxy) is 1. The van der Waals surface area contributed by atoms with Crippen LogP contribution in [-0.4, -0.2) is 28.6 Å². The van der Waals surface area contributed by atoms with Gasteiger partial charge in [0.25, 0.3) is 5.91 Å². The second kappa shape index (κ2) is 12.2. The summed E-state index contributed by atoms with van der Waals surface area (Å²) < 4.78 is 8.20. The number of hydrogen-bond donors (Lipinski definition) is 1. The predicted octanol–water partition coefficient (Wildman–Crippen LogP) is 6.10. The van der Waals surface area contributed by atoms with Crippen LogP contribution in [0.15, 0.2) is 72.1 Å². The van der Waals surface area contributed by atoms with Crippen molar-refractivity contribution < 1.29 is 9.53 Å². The Bertz CT molecular complexity index is 1120. The molecule has 0 bridgehead atoms. The number of aromatic nitrogens is 2. The van der Waals surface area contributed by atoms with Crippen LogP contribution in [-0.2, 0) is 13.0 Å². The number of carbonyl (C=O) groups is 1. The summed E-state index contributed by atoms with van der Waals surface area (Å²) in [6.07, 6.45) is 6.12. The van der Waals surface area contributed by atoms with Gasteiger partial charge in [0.15, 0.2) is 0 Å². The van der Waals surface area contributed by atoms with E-state index in [2.05, 4.69) is 28.1 Å². The highest BCUT2D eigenvalue weighted by molar-refractivity contribution is 7.12. The minimum atomic E-state index is 0.0306. The molecule has 0 fully saturated rings. The van der Waals surface area contributed by atoms with Gasteiger partial charge < -0.3 is 14.6 Å². The van der Waals surface area contributed by atoms with Crippen LogP contribution in [0.4, 0.5) is 0 Å². The molecule has 6 heteroatoms. The lowest BCUT2D eigenvalue weighted by Crippen LogP contribution is -2.23. The zero-order valence-corrected chi connectivity index (χ0v) is 19.7. The van der Waals surface area contributed by atoms with Gasteiger partial charge >= 0.3 is 0 Å². The molecule has 0 saturated carbocycles. The summed E-state index contributed by atoms with van der Waals surface area (Å²) in [5.41, 5.74) is 2.27. The molecule has 0 spiro atoms. The summed E-state index contributed by atoms with van der Waals surface area (Å²) in [4.78, 5) is 17.7. The Hall–Kier alpha value is -3.12. The van der Waals surface area contributed by atoms with Crippen molar-refractivity contribution in [1.29, 1.82) is 0 Å². The standard InChI is InChI=1S/C27H31N3O2S/c31-27(25-16-11-21-33-25)28-18-8-2-5-17-26-29-23-14-6-7-15-24(23)30(26)19-9-10-20-32-22-12-3-1-4-13-22/h1,3-4,6-7,11-16,21H,2,5,8-10,17-20H2,(H,28,31). The lowest BCUT2D eigenvalue weighted by molar-refractivity contribution is 0.0957. The summed E-state index contributed by atoms with van der Waals surface area (Å²) in [5, 5.41) is 4.93. The van der Waals surface area contributed by atoms with Crippen LogP contribution in [0.2, 0.25) is 0 Å². The average molecular weight is 462 g/mol. The van der Waals surface area contributed by atoms with E-state index >= 15 is 0 Å². The highest BCUT2D eigenvalue weighted by Gasteiger charge is 2.10. The van der Waals surface area contributed by atoms with E-state index in [4.69, 9.17) is 9.72 Å². The number of amides is 1. The molecule has 2 aromatic carbocycles. The third-order valence-corrected chi connectivity index (χ3v) is 6.50. The first-order valence-corrected chi connectivity index (χ1v) is 12.6. The van der Waals surface area contributed by atoms with Gasteiger partial charge in [-0.05, 0) is 61.4 Å². The van der Waals surface area contributed by atoms with Crippen molar-refractivity contribution >= 4 is 28.3 Å². The number of hydrogen-bond acceptors (Lipinski definition) is 4. The molecule has 5 nitrogen and oxygen atoms in total. The smallest absolute Gasteiger partial charge is 0.261 e. The fourth-order valence-corrected chi connectivity index (χ4v) is 4.57. The molecule has 0 aliphatic rings. The van der Waals surface area contributed by atoms with Crippen LogP contribution in [0.25, 0.3) is 11.0 Å². The molecule has 172 valence electrons. The van der Waals surface area contributed by atoms with Crippen LogP contribution in [0.5, 0.6) is 5.75 Å². The number of imidazole rings is 1. The van der Waals surface area contributed by atoms with Crippen molar-refractivity contribution in [3.8, 4) is 5.75 Å². The van der Waals surface area contributed by atoms with Gasteiger partial charge in [-0.2, -0.15) is 0 Å². The third kappa shape index (κ3) is 6.68. The monoisotopic (exact) mass is 461 g/mol. The van der Waals surface area contributed by atoms with Crippen molar-refractivity contribution in [2.75, 3.05) is 13.2 Å². The molecule has 1 N–H and O–H groups in total. The molecule has 2 heterocycles. The first-order valence-electron chi connectivity index (χ1n) is 11.7. The second-order valence-corrected chi connectivity index (χ2v) is 9.03. The molecule has 0 radical (unpaired) electrons. The van der Waals surface area contributed by atoms with Crippen LogP contribution in [0.1, 0.15) is 47.6 Å². The number of nitrogens with zero attached hydrogens (tertiary/aromatic N) is 2. The maximum atomic E-state index is 12.0. The summed E-state index contributed by atoms with van der Waals surface area (Å²) >= 11 is 1.48. The zero-order valence-electron chi connectivity index (χ0n) is 18.9. The number of rotatable bonds is 13. The van der Waals surface area contributed by atoms with E-state index in [-0.39, 0.29) is 5.91 Å². The van der Waals surface area contributed by atoms with E-state index in [1.54, 1.807) is 0 Å². The Morgan fingerprint density at radius 1 is 0.909 bits per heavy atom. The summed E-state index contributed by atoms with van der Waals surface area (Å²) in [7, 11) is 0. The van der Waals surface area contributed by atoms with Crippen molar-refractivity contribution in [1.82, 2.24) is 14.9 Å². The molecule has 33 heavy (non-hydrogen) atoms. The largest absolute Gasteiger partial charge is 0.494 e. The minimum Gasteiger partial charge on any atom is -0.494 e. The van der Waals surface area contributed by atoms with Gasteiger partial charge in [-0.15, -0.1) is 11.3 Å². The third-order valence-electron chi connectivity index (χ3n) is 5.63. The minimum absolute atomic E-state index is 0.0306. The van der Waals surface area contributed by atoms with E-state index in [0.717, 1.165) is 73.6 Å². The quantitative estimate of drug-likeness (QED) is 0.245. The average Bonchev–Trinajstić information content (AvgIpc) is 3.50. The number of carbonyl (C=O) groups excluding carboxylic acids is 1. The van der Waals surface area contributed by atoms with Crippen molar-refractivity contribution in [3.63, 3.8) is 0 Å². The van der Waals surface area contributed by atoms with Crippen LogP contribution in [0.3, 0.4) is 0 Å². The van der Waals surface area contributed by atoms with Gasteiger partial charge in [-0.1, -0.05) is 42.8 Å². The van der Waals surface area contributed by atoms with Crippen LogP contribution in [0, 0.1) is 0 Å². The number of fused-ring (bicyclic) bond motifs is 1. The fraction of sp³-hybridized carbons (Fsp3) is 0.333. The van der Waals surface area contributed by atoms with Crippen molar-refractivity contribution in [3.05, 3.63) is 82.8 Å². The number of unbranched alkanes of at least 4 members (excludes halogenated alkanes) is 3. The molecule has 4 rings (SSSR count). The van der Waals surface area contributed by atoms with Gasteiger partial charge in [0.1, 0.15) is 11.6 Å². The Morgan fingerprint density at radius 2 is 1.76 bits per heavy atom. The first-order chi connectivity index (χ1) is 16.3. The van der Waals surface area contributed by atoms with Crippen LogP contribution >= 0.6 is 11.3 Å². The normalized spacial score (nSPS) is 11.0. The number of thiophene rings is 1. The molecule has 0 saturated heterocycles. The number of nitrogens with one attached hydrogen (secondary N) is 1. The maximum absolute atomic E-state index is 12.0. The summed E-state index contributed by atoms with van der Waals surface area (Å²) in [5.74, 6) is 2.11. The molecule has 4 aromatic rings. The lowest BCUT2D eigenvalue weighted by atomic mass is 10.2. The molecule has 0 aliphatic carbocycles. The highest BCUT2D eigenvalue weighted by Crippen LogP contribution is 2.19. The van der Waals surface area contributed by atoms with E-state index in [9.17, 15) is 4.79 Å².